The normalized spacial score (nSPS) is 10.6. The van der Waals surface area contributed by atoms with Crippen LogP contribution in [-0.2, 0) is 0 Å². The number of rotatable bonds is 13. The van der Waals surface area contributed by atoms with Crippen LogP contribution in [0.3, 0.4) is 0 Å². The zero-order valence-electron chi connectivity index (χ0n) is 12.7. The number of carbonyl (C=O) groups excluding carboxylic acids is 2. The van der Waals surface area contributed by atoms with Gasteiger partial charge in [-0.3, -0.25) is 0 Å². The molecule has 5 N–H and O–H groups in total. The molecular formula is C14H28N3O4-. The lowest BCUT2D eigenvalue weighted by Gasteiger charge is -2.16. The predicted molar refractivity (Wildman–Crippen MR) is 75.0 cm³/mol. The molecule has 0 atom stereocenters. The highest BCUT2D eigenvalue weighted by molar-refractivity contribution is 5.61. The van der Waals surface area contributed by atoms with Crippen LogP contribution in [0.4, 0.5) is 9.59 Å². The Bertz CT molecular complexity index is 263. The molecule has 0 aliphatic heterocycles. The Morgan fingerprint density at radius 1 is 0.810 bits per heavy atom. The standard InChI is InChI=1S/C14H29N3O4/c15-9-5-8-12(6-1-3-10-16-13(18)19)7-2-4-11-17-14(20)21/h12,16-17H,1-11,15H2,(H,18,19)(H,20,21)/p-1. The van der Waals surface area contributed by atoms with E-state index < -0.39 is 12.2 Å². The zero-order valence-corrected chi connectivity index (χ0v) is 12.7. The van der Waals surface area contributed by atoms with Gasteiger partial charge >= 0.3 is 0 Å². The second kappa shape index (κ2) is 13.5. The van der Waals surface area contributed by atoms with Gasteiger partial charge in [0.1, 0.15) is 12.2 Å². The van der Waals surface area contributed by atoms with E-state index in [9.17, 15) is 19.8 Å². The van der Waals surface area contributed by atoms with Gasteiger partial charge in [0.25, 0.3) is 0 Å². The summed E-state index contributed by atoms with van der Waals surface area (Å²) in [7, 11) is 0. The second-order valence-electron chi connectivity index (χ2n) is 5.28. The van der Waals surface area contributed by atoms with Gasteiger partial charge in [0.05, 0.1) is 6.54 Å². The van der Waals surface area contributed by atoms with Crippen LogP contribution in [0, 0.1) is 5.92 Å². The smallest absolute Gasteiger partial charge is 0.134 e. The van der Waals surface area contributed by atoms with E-state index in [2.05, 4.69) is 16.4 Å². The molecule has 7 heteroatoms. The summed E-state index contributed by atoms with van der Waals surface area (Å²) in [5, 5.41) is 24.9. The van der Waals surface area contributed by atoms with Crippen LogP contribution in [0.2, 0.25) is 0 Å². The van der Waals surface area contributed by atoms with Crippen molar-refractivity contribution in [2.24, 2.45) is 5.92 Å². The number of carbonyl (C=O) groups is 2. The summed E-state index contributed by atoms with van der Waals surface area (Å²) < 4.78 is 0. The van der Waals surface area contributed by atoms with Crippen molar-refractivity contribution in [3.63, 3.8) is 0 Å². The number of carboxylic acid groups (broad SMARTS) is 2. The van der Waals surface area contributed by atoms with Crippen molar-refractivity contribution in [3.8, 4) is 0 Å². The van der Waals surface area contributed by atoms with E-state index in [1.165, 1.54) is 0 Å². The van der Waals surface area contributed by atoms with E-state index in [4.69, 9.17) is 0 Å². The van der Waals surface area contributed by atoms with E-state index in [-0.39, 0.29) is 0 Å². The van der Waals surface area contributed by atoms with E-state index in [1.807, 2.05) is 0 Å². The number of hydrogen-bond donors (Lipinski definition) is 3. The Balaban J connectivity index is 3.70. The van der Waals surface area contributed by atoms with Gasteiger partial charge in [0.15, 0.2) is 0 Å². The Kier molecular flexibility index (Phi) is 12.5. The summed E-state index contributed by atoms with van der Waals surface area (Å²) in [5.74, 6) is 0.609. The molecule has 0 unspecified atom stereocenters. The lowest BCUT2D eigenvalue weighted by molar-refractivity contribution is -0.368. The molecule has 0 aliphatic rings. The van der Waals surface area contributed by atoms with Crippen LogP contribution in [0.5, 0.6) is 0 Å². The summed E-state index contributed by atoms with van der Waals surface area (Å²) in [4.78, 5) is 20.4. The molecule has 124 valence electrons. The van der Waals surface area contributed by atoms with Gasteiger partial charge < -0.3 is 36.2 Å². The maximum absolute atomic E-state index is 10.2. The molecule has 0 bridgehead atoms. The topological polar surface area (TPSA) is 132 Å². The highest BCUT2D eigenvalue weighted by atomic mass is 16.4. The first-order chi connectivity index (χ1) is 10.1. The molecule has 7 nitrogen and oxygen atoms in total. The average Bonchev–Trinajstić information content (AvgIpc) is 2.42. The SMILES string of the molecule is [NH3+]CCCC(CCCCNC(=O)[O-])CCCCNC(=O)[O-]. The Hall–Kier alpha value is -1.50. The summed E-state index contributed by atoms with van der Waals surface area (Å²) in [5.41, 5.74) is 3.85. The first-order valence-corrected chi connectivity index (χ1v) is 7.75. The van der Waals surface area contributed by atoms with Gasteiger partial charge in [-0.15, -0.1) is 0 Å². The molecular weight excluding hydrogens is 274 g/mol. The molecule has 0 rings (SSSR count). The molecule has 0 saturated heterocycles. The van der Waals surface area contributed by atoms with Crippen molar-refractivity contribution in [1.29, 1.82) is 0 Å². The summed E-state index contributed by atoms with van der Waals surface area (Å²) in [6.07, 6.45) is 5.55. The lowest BCUT2D eigenvalue weighted by Crippen LogP contribution is -2.50. The first-order valence-electron chi connectivity index (χ1n) is 7.75. The van der Waals surface area contributed by atoms with Gasteiger partial charge in [-0.05, 0) is 31.6 Å². The highest BCUT2D eigenvalue weighted by Crippen LogP contribution is 2.20. The van der Waals surface area contributed by atoms with Crippen molar-refractivity contribution in [1.82, 2.24) is 10.6 Å². The van der Waals surface area contributed by atoms with Crippen molar-refractivity contribution in [2.45, 2.75) is 51.4 Å². The third-order valence-electron chi connectivity index (χ3n) is 3.48. The molecule has 0 aromatic rings. The fraction of sp³-hybridized carbons (Fsp3) is 0.857. The van der Waals surface area contributed by atoms with Crippen molar-refractivity contribution < 1.29 is 25.5 Å². The highest BCUT2D eigenvalue weighted by Gasteiger charge is 2.08. The minimum Gasteiger partial charge on any atom is -0.530 e. The van der Waals surface area contributed by atoms with Crippen LogP contribution in [-0.4, -0.2) is 31.8 Å². The number of unbranched alkanes of at least 4 members (excludes halogenated alkanes) is 2. The predicted octanol–water partition coefficient (Wildman–Crippen LogP) is -1.17. The van der Waals surface area contributed by atoms with Gasteiger partial charge in [-0.25, -0.2) is 0 Å². The third-order valence-corrected chi connectivity index (χ3v) is 3.48. The van der Waals surface area contributed by atoms with Crippen molar-refractivity contribution >= 4 is 12.2 Å². The van der Waals surface area contributed by atoms with E-state index >= 15 is 0 Å². The van der Waals surface area contributed by atoms with Crippen molar-refractivity contribution in [2.75, 3.05) is 19.6 Å². The Labute approximate surface area is 126 Å². The summed E-state index contributed by atoms with van der Waals surface area (Å²) >= 11 is 0. The molecule has 2 amide bonds. The number of amides is 2. The Morgan fingerprint density at radius 3 is 1.62 bits per heavy atom. The summed E-state index contributed by atoms with van der Waals surface area (Å²) in [6.45, 7) is 1.81. The average molecular weight is 302 g/mol. The maximum Gasteiger partial charge on any atom is 0.134 e. The van der Waals surface area contributed by atoms with E-state index in [0.717, 1.165) is 57.9 Å². The fourth-order valence-electron chi connectivity index (χ4n) is 2.36. The van der Waals surface area contributed by atoms with Crippen LogP contribution in [0.1, 0.15) is 51.4 Å². The van der Waals surface area contributed by atoms with Gasteiger partial charge in [-0.2, -0.15) is 0 Å². The fourth-order valence-corrected chi connectivity index (χ4v) is 2.36. The van der Waals surface area contributed by atoms with Gasteiger partial charge in [0, 0.05) is 13.1 Å². The molecule has 0 spiro atoms. The lowest BCUT2D eigenvalue weighted by atomic mass is 9.91. The number of nitrogens with one attached hydrogen (secondary N) is 2. The van der Waals surface area contributed by atoms with E-state index in [0.29, 0.717) is 19.0 Å². The number of quaternary nitrogens is 1. The quantitative estimate of drug-likeness (QED) is 0.370. The molecule has 0 aliphatic carbocycles. The van der Waals surface area contributed by atoms with Crippen molar-refractivity contribution in [3.05, 3.63) is 0 Å². The number of hydrogen-bond acceptors (Lipinski definition) is 4. The minimum atomic E-state index is -1.22. The van der Waals surface area contributed by atoms with Gasteiger partial charge in [-0.1, -0.05) is 25.7 Å². The molecule has 0 heterocycles. The minimum absolute atomic E-state index is 0.444. The maximum atomic E-state index is 10.2. The van der Waals surface area contributed by atoms with Crippen LogP contribution < -0.4 is 26.6 Å². The third kappa shape index (κ3) is 14.7. The molecule has 0 aromatic carbocycles. The first kappa shape index (κ1) is 19.5. The monoisotopic (exact) mass is 302 g/mol. The van der Waals surface area contributed by atoms with Crippen LogP contribution in [0.15, 0.2) is 0 Å². The van der Waals surface area contributed by atoms with Crippen LogP contribution in [0.25, 0.3) is 0 Å². The molecule has 0 saturated carbocycles. The zero-order chi connectivity index (χ0) is 15.9. The molecule has 0 radical (unpaired) electrons. The molecule has 0 aromatic heterocycles. The largest absolute Gasteiger partial charge is 0.530 e. The molecule has 21 heavy (non-hydrogen) atoms. The molecule has 0 fully saturated rings. The second-order valence-corrected chi connectivity index (χ2v) is 5.28. The van der Waals surface area contributed by atoms with Gasteiger partial charge in [0.2, 0.25) is 0 Å². The van der Waals surface area contributed by atoms with Crippen LogP contribution >= 0.6 is 0 Å². The summed E-state index contributed by atoms with van der Waals surface area (Å²) in [6, 6.07) is 0. The Morgan fingerprint density at radius 2 is 1.24 bits per heavy atom. The van der Waals surface area contributed by atoms with E-state index in [1.54, 1.807) is 0 Å².